The van der Waals surface area contributed by atoms with Gasteiger partial charge in [0.05, 0.1) is 5.75 Å². The van der Waals surface area contributed by atoms with Gasteiger partial charge in [0.15, 0.2) is 0 Å². The van der Waals surface area contributed by atoms with Crippen LogP contribution in [0.1, 0.15) is 5.82 Å². The molecule has 0 aliphatic carbocycles. The van der Waals surface area contributed by atoms with Gasteiger partial charge in [-0.2, -0.15) is 13.5 Å². The second-order valence-electron chi connectivity index (χ2n) is 1.97. The Morgan fingerprint density at radius 2 is 2.36 bits per heavy atom. The van der Waals surface area contributed by atoms with Gasteiger partial charge in [-0.3, -0.25) is 9.65 Å². The first kappa shape index (κ1) is 8.15. The van der Waals surface area contributed by atoms with E-state index in [-0.39, 0.29) is 12.2 Å². The van der Waals surface area contributed by atoms with Crippen molar-refractivity contribution in [3.63, 3.8) is 0 Å². The highest BCUT2D eigenvalue weighted by Crippen LogP contribution is 1.91. The van der Waals surface area contributed by atoms with Crippen molar-refractivity contribution in [3.8, 4) is 0 Å². The highest BCUT2D eigenvalue weighted by molar-refractivity contribution is 7.85. The second-order valence-corrected chi connectivity index (χ2v) is 3.54. The van der Waals surface area contributed by atoms with Gasteiger partial charge in [0.2, 0.25) is 0 Å². The van der Waals surface area contributed by atoms with Gasteiger partial charge >= 0.3 is 0 Å². The van der Waals surface area contributed by atoms with E-state index in [1.165, 1.54) is 6.33 Å². The van der Waals surface area contributed by atoms with Crippen LogP contribution in [0, 0.1) is 0 Å². The molecule has 1 aromatic heterocycles. The fraction of sp³-hybridized carbons (Fsp3) is 0.500. The van der Waals surface area contributed by atoms with Crippen LogP contribution in [-0.2, 0) is 16.5 Å². The molecule has 0 atom stereocenters. The highest BCUT2D eigenvalue weighted by Gasteiger charge is 2.05. The van der Waals surface area contributed by atoms with E-state index in [2.05, 4.69) is 15.2 Å². The largest absolute Gasteiger partial charge is 0.286 e. The minimum absolute atomic E-state index is 0.152. The summed E-state index contributed by atoms with van der Waals surface area (Å²) in [4.78, 5) is 3.68. The first-order valence-electron chi connectivity index (χ1n) is 2.87. The zero-order valence-electron chi connectivity index (χ0n) is 5.56. The first-order chi connectivity index (χ1) is 5.08. The third kappa shape index (κ3) is 3.10. The summed E-state index contributed by atoms with van der Waals surface area (Å²) >= 11 is 0. The molecule has 0 unspecified atom stereocenters. The average Bonchev–Trinajstić information content (AvgIpc) is 2.32. The summed E-state index contributed by atoms with van der Waals surface area (Å²) < 4.78 is 28.8. The quantitative estimate of drug-likeness (QED) is 0.591. The minimum atomic E-state index is -3.89. The summed E-state index contributed by atoms with van der Waals surface area (Å²) in [5, 5.41) is 5.98. The Balaban J connectivity index is 2.48. The van der Waals surface area contributed by atoms with Crippen LogP contribution in [0.2, 0.25) is 0 Å². The Bertz CT molecular complexity index is 303. The first-order valence-corrected chi connectivity index (χ1v) is 4.48. The second kappa shape index (κ2) is 2.97. The fourth-order valence-electron chi connectivity index (χ4n) is 0.577. The predicted molar refractivity (Wildman–Crippen MR) is 36.5 cm³/mol. The van der Waals surface area contributed by atoms with Crippen LogP contribution in [0.5, 0.6) is 0 Å². The topological polar surface area (TPSA) is 95.9 Å². The smallest absolute Gasteiger partial charge is 0.265 e. The minimum Gasteiger partial charge on any atom is -0.286 e. The maximum absolute atomic E-state index is 10.2. The lowest BCUT2D eigenvalue weighted by Gasteiger charge is -1.91. The van der Waals surface area contributed by atoms with Crippen molar-refractivity contribution in [3.05, 3.63) is 12.2 Å². The molecule has 1 aromatic rings. The van der Waals surface area contributed by atoms with E-state index in [0.717, 1.165) is 0 Å². The van der Waals surface area contributed by atoms with Crippen LogP contribution in [-0.4, -0.2) is 33.9 Å². The summed E-state index contributed by atoms with van der Waals surface area (Å²) in [6, 6.07) is 0. The molecule has 0 aromatic carbocycles. The summed E-state index contributed by atoms with van der Waals surface area (Å²) in [7, 11) is -3.89. The van der Waals surface area contributed by atoms with Crippen LogP contribution < -0.4 is 0 Å². The number of aromatic nitrogens is 3. The molecule has 7 heteroatoms. The summed E-state index contributed by atoms with van der Waals surface area (Å²) in [6.07, 6.45) is 1.43. The molecule has 0 radical (unpaired) electrons. The molecule has 0 saturated heterocycles. The van der Waals surface area contributed by atoms with Crippen LogP contribution in [0.15, 0.2) is 6.33 Å². The van der Waals surface area contributed by atoms with Crippen molar-refractivity contribution in [2.45, 2.75) is 6.42 Å². The van der Waals surface area contributed by atoms with Crippen molar-refractivity contribution < 1.29 is 13.0 Å². The Labute approximate surface area is 63.4 Å². The summed E-state index contributed by atoms with van der Waals surface area (Å²) in [6.45, 7) is 0. The number of hydrogen-bond acceptors (Lipinski definition) is 4. The monoisotopic (exact) mass is 177 g/mol. The Morgan fingerprint density at radius 1 is 1.64 bits per heavy atom. The molecule has 0 spiro atoms. The molecule has 6 nitrogen and oxygen atoms in total. The Hall–Kier alpha value is -0.950. The zero-order valence-corrected chi connectivity index (χ0v) is 6.37. The van der Waals surface area contributed by atoms with Crippen molar-refractivity contribution in [1.29, 1.82) is 0 Å². The SMILES string of the molecule is O=S(=O)(O)CCc1ncn[nH]1. The van der Waals surface area contributed by atoms with Crippen molar-refractivity contribution >= 4 is 10.1 Å². The van der Waals surface area contributed by atoms with E-state index in [1.54, 1.807) is 0 Å². The van der Waals surface area contributed by atoms with Crippen molar-refractivity contribution in [2.24, 2.45) is 0 Å². The maximum Gasteiger partial charge on any atom is 0.265 e. The highest BCUT2D eigenvalue weighted by atomic mass is 32.2. The van der Waals surface area contributed by atoms with Crippen LogP contribution in [0.4, 0.5) is 0 Å². The molecule has 1 heterocycles. The number of rotatable bonds is 3. The van der Waals surface area contributed by atoms with Gasteiger partial charge < -0.3 is 0 Å². The number of nitrogens with one attached hydrogen (secondary N) is 1. The number of aryl methyl sites for hydroxylation is 1. The van der Waals surface area contributed by atoms with Gasteiger partial charge in [-0.05, 0) is 0 Å². The van der Waals surface area contributed by atoms with E-state index in [0.29, 0.717) is 5.82 Å². The van der Waals surface area contributed by atoms with E-state index < -0.39 is 10.1 Å². The fourth-order valence-corrected chi connectivity index (χ4v) is 1.03. The molecule has 2 N–H and O–H groups in total. The lowest BCUT2D eigenvalue weighted by Crippen LogP contribution is -2.07. The summed E-state index contributed by atoms with van der Waals surface area (Å²) in [5.74, 6) is 0.116. The Morgan fingerprint density at radius 3 is 2.82 bits per heavy atom. The predicted octanol–water partition coefficient (Wildman–Crippen LogP) is -0.765. The van der Waals surface area contributed by atoms with Gasteiger partial charge in [-0.25, -0.2) is 4.98 Å². The molecular formula is C4H7N3O3S. The number of H-pyrrole nitrogens is 1. The Kier molecular flexibility index (Phi) is 2.20. The molecule has 0 amide bonds. The molecular weight excluding hydrogens is 170 g/mol. The van der Waals surface area contributed by atoms with Crippen LogP contribution >= 0.6 is 0 Å². The number of hydrogen-bond donors (Lipinski definition) is 2. The van der Waals surface area contributed by atoms with Gasteiger partial charge in [-0.15, -0.1) is 0 Å². The zero-order chi connectivity index (χ0) is 8.32. The number of aromatic amines is 1. The molecule has 0 bridgehead atoms. The molecule has 11 heavy (non-hydrogen) atoms. The number of nitrogens with zero attached hydrogens (tertiary/aromatic N) is 2. The van der Waals surface area contributed by atoms with E-state index in [1.807, 2.05) is 0 Å². The summed E-state index contributed by atoms with van der Waals surface area (Å²) in [5.41, 5.74) is 0. The molecule has 0 fully saturated rings. The van der Waals surface area contributed by atoms with Gasteiger partial charge in [-0.1, -0.05) is 0 Å². The van der Waals surface area contributed by atoms with Crippen LogP contribution in [0.3, 0.4) is 0 Å². The maximum atomic E-state index is 10.2. The van der Waals surface area contributed by atoms with Gasteiger partial charge in [0.1, 0.15) is 12.2 Å². The lowest BCUT2D eigenvalue weighted by atomic mass is 10.5. The van der Waals surface area contributed by atoms with E-state index in [9.17, 15) is 8.42 Å². The van der Waals surface area contributed by atoms with Gasteiger partial charge in [0.25, 0.3) is 10.1 Å². The van der Waals surface area contributed by atoms with Crippen molar-refractivity contribution in [1.82, 2.24) is 15.2 Å². The molecule has 0 aliphatic heterocycles. The van der Waals surface area contributed by atoms with Crippen molar-refractivity contribution in [2.75, 3.05) is 5.75 Å². The third-order valence-corrected chi connectivity index (χ3v) is 1.78. The van der Waals surface area contributed by atoms with E-state index in [4.69, 9.17) is 4.55 Å². The van der Waals surface area contributed by atoms with E-state index >= 15 is 0 Å². The molecule has 62 valence electrons. The molecule has 1 rings (SSSR count). The average molecular weight is 177 g/mol. The molecule has 0 saturated carbocycles. The normalized spacial score (nSPS) is 11.7. The standard InChI is InChI=1S/C4H7N3O3S/c8-11(9,10)2-1-4-5-3-6-7-4/h3H,1-2H2,(H,5,6,7)(H,8,9,10). The lowest BCUT2D eigenvalue weighted by molar-refractivity contribution is 0.482. The molecule has 0 aliphatic rings. The third-order valence-electron chi connectivity index (χ3n) is 1.06. The van der Waals surface area contributed by atoms with Crippen LogP contribution in [0.25, 0.3) is 0 Å². The van der Waals surface area contributed by atoms with Gasteiger partial charge in [0, 0.05) is 6.42 Å².